The van der Waals surface area contributed by atoms with Crippen LogP contribution in [0.3, 0.4) is 0 Å². The van der Waals surface area contributed by atoms with Gasteiger partial charge < -0.3 is 20.5 Å². The number of nitrogens with one attached hydrogen (secondary N) is 2. The normalized spacial score (nSPS) is 16.1. The molecule has 0 saturated heterocycles. The molecule has 1 saturated carbocycles. The minimum absolute atomic E-state index is 0.0325. The Morgan fingerprint density at radius 3 is 2.03 bits per heavy atom. The maximum atomic E-state index is 12.8. The zero-order chi connectivity index (χ0) is 25.4. The quantitative estimate of drug-likeness (QED) is 0.485. The van der Waals surface area contributed by atoms with E-state index in [1.165, 1.54) is 0 Å². The fourth-order valence-electron chi connectivity index (χ4n) is 4.65. The summed E-state index contributed by atoms with van der Waals surface area (Å²) in [6.07, 6.45) is 1.41. The van der Waals surface area contributed by atoms with Crippen molar-refractivity contribution in [2.24, 2.45) is 11.3 Å². The lowest BCUT2D eigenvalue weighted by Gasteiger charge is -2.39. The van der Waals surface area contributed by atoms with Crippen LogP contribution in [0.1, 0.15) is 64.0 Å². The highest BCUT2D eigenvalue weighted by Crippen LogP contribution is 2.44. The topological polar surface area (TPSA) is 105 Å². The van der Waals surface area contributed by atoms with Gasteiger partial charge in [-0.1, -0.05) is 48.5 Å². The van der Waals surface area contributed by atoms with E-state index in [-0.39, 0.29) is 36.8 Å². The lowest BCUT2D eigenvalue weighted by molar-refractivity contribution is -0.151. The minimum atomic E-state index is -1.15. The molecule has 0 radical (unpaired) electrons. The molecule has 1 fully saturated rings. The molecule has 4 rings (SSSR count). The van der Waals surface area contributed by atoms with Crippen molar-refractivity contribution in [1.29, 1.82) is 0 Å². The number of alkyl carbamates (subject to hydrolysis) is 1. The summed E-state index contributed by atoms with van der Waals surface area (Å²) in [6, 6.07) is 16.0. The van der Waals surface area contributed by atoms with E-state index in [9.17, 15) is 19.5 Å². The highest BCUT2D eigenvalue weighted by Gasteiger charge is 2.45. The third kappa shape index (κ3) is 5.04. The van der Waals surface area contributed by atoms with Crippen LogP contribution in [-0.4, -0.2) is 41.3 Å². The van der Waals surface area contributed by atoms with Crippen molar-refractivity contribution in [1.82, 2.24) is 10.6 Å². The molecular weight excluding hydrogens is 444 g/mol. The number of carbonyl (C=O) groups is 3. The van der Waals surface area contributed by atoms with Gasteiger partial charge in [0.25, 0.3) is 0 Å². The van der Waals surface area contributed by atoms with Gasteiger partial charge in [0.15, 0.2) is 0 Å². The van der Waals surface area contributed by atoms with Gasteiger partial charge in [-0.15, -0.1) is 0 Å². The zero-order valence-electron chi connectivity index (χ0n) is 20.8. The number of aliphatic carboxylic acids is 1. The van der Waals surface area contributed by atoms with Gasteiger partial charge in [0.1, 0.15) is 6.61 Å². The Morgan fingerprint density at radius 1 is 0.971 bits per heavy atom. The molecule has 7 nitrogen and oxygen atoms in total. The number of hydrogen-bond donors (Lipinski definition) is 3. The molecule has 1 atom stereocenters. The SMILES string of the molecule is CC(C)(NC(=O)CC(NC(=O)OCC1c2ccccc2-c2ccccc21)C1CC1)C(C)(C)C(=O)O. The van der Waals surface area contributed by atoms with Crippen molar-refractivity contribution >= 4 is 18.0 Å². The predicted octanol–water partition coefficient (Wildman–Crippen LogP) is 4.70. The Balaban J connectivity index is 1.37. The van der Waals surface area contributed by atoms with E-state index >= 15 is 0 Å². The van der Waals surface area contributed by atoms with E-state index < -0.39 is 23.0 Å². The fraction of sp³-hybridized carbons (Fsp3) is 0.464. The monoisotopic (exact) mass is 478 g/mol. The second-order valence-corrected chi connectivity index (χ2v) is 10.7. The van der Waals surface area contributed by atoms with Gasteiger partial charge in [-0.2, -0.15) is 0 Å². The van der Waals surface area contributed by atoms with Crippen LogP contribution in [0.5, 0.6) is 0 Å². The fourth-order valence-corrected chi connectivity index (χ4v) is 4.65. The van der Waals surface area contributed by atoms with Gasteiger partial charge in [-0.05, 0) is 68.7 Å². The van der Waals surface area contributed by atoms with Gasteiger partial charge in [-0.3, -0.25) is 9.59 Å². The average Bonchev–Trinajstić information content (AvgIpc) is 3.60. The Labute approximate surface area is 206 Å². The highest BCUT2D eigenvalue weighted by atomic mass is 16.5. The minimum Gasteiger partial charge on any atom is -0.481 e. The number of ether oxygens (including phenoxy) is 1. The van der Waals surface area contributed by atoms with E-state index in [0.717, 1.165) is 35.1 Å². The van der Waals surface area contributed by atoms with Crippen LogP contribution in [-0.2, 0) is 14.3 Å². The number of carboxylic acid groups (broad SMARTS) is 1. The van der Waals surface area contributed by atoms with E-state index in [0.29, 0.717) is 0 Å². The number of carboxylic acids is 1. The lowest BCUT2D eigenvalue weighted by atomic mass is 9.74. The molecule has 186 valence electrons. The molecule has 2 aliphatic carbocycles. The average molecular weight is 479 g/mol. The van der Waals surface area contributed by atoms with Gasteiger partial charge in [0.05, 0.1) is 5.41 Å². The van der Waals surface area contributed by atoms with Crippen LogP contribution >= 0.6 is 0 Å². The Morgan fingerprint density at radius 2 is 1.51 bits per heavy atom. The van der Waals surface area contributed by atoms with Crippen molar-refractivity contribution in [2.45, 2.75) is 64.5 Å². The van der Waals surface area contributed by atoms with Gasteiger partial charge in [0.2, 0.25) is 5.91 Å². The van der Waals surface area contributed by atoms with Crippen molar-refractivity contribution in [3.63, 3.8) is 0 Å². The second-order valence-electron chi connectivity index (χ2n) is 10.7. The molecule has 2 aromatic rings. The molecular formula is C28H34N2O5. The first-order chi connectivity index (χ1) is 16.5. The van der Waals surface area contributed by atoms with Gasteiger partial charge >= 0.3 is 12.1 Å². The molecule has 1 unspecified atom stereocenters. The highest BCUT2D eigenvalue weighted by molar-refractivity contribution is 5.82. The number of hydrogen-bond acceptors (Lipinski definition) is 4. The first-order valence-corrected chi connectivity index (χ1v) is 12.2. The number of fused-ring (bicyclic) bond motifs is 3. The van der Waals surface area contributed by atoms with Crippen molar-refractivity contribution in [3.05, 3.63) is 59.7 Å². The molecule has 3 N–H and O–H groups in total. The molecule has 2 aliphatic rings. The van der Waals surface area contributed by atoms with Crippen molar-refractivity contribution < 1.29 is 24.2 Å². The molecule has 0 heterocycles. The van der Waals surface area contributed by atoms with Crippen LogP contribution in [0.4, 0.5) is 4.79 Å². The Kier molecular flexibility index (Phi) is 6.62. The van der Waals surface area contributed by atoms with E-state index in [4.69, 9.17) is 4.74 Å². The molecule has 0 aliphatic heterocycles. The summed E-state index contributed by atoms with van der Waals surface area (Å²) < 4.78 is 5.66. The maximum Gasteiger partial charge on any atom is 0.407 e. The van der Waals surface area contributed by atoms with Gasteiger partial charge in [-0.25, -0.2) is 4.79 Å². The predicted molar refractivity (Wildman–Crippen MR) is 133 cm³/mol. The zero-order valence-corrected chi connectivity index (χ0v) is 20.8. The summed E-state index contributed by atoms with van der Waals surface area (Å²) >= 11 is 0. The number of rotatable bonds is 9. The smallest absolute Gasteiger partial charge is 0.407 e. The largest absolute Gasteiger partial charge is 0.481 e. The Hall–Kier alpha value is -3.35. The van der Waals surface area contributed by atoms with Crippen LogP contribution in [0.25, 0.3) is 11.1 Å². The molecule has 35 heavy (non-hydrogen) atoms. The molecule has 2 aromatic carbocycles. The van der Waals surface area contributed by atoms with Crippen LogP contribution < -0.4 is 10.6 Å². The first-order valence-electron chi connectivity index (χ1n) is 12.2. The summed E-state index contributed by atoms with van der Waals surface area (Å²) in [6.45, 7) is 6.78. The van der Waals surface area contributed by atoms with Crippen LogP contribution in [0.2, 0.25) is 0 Å². The number of carbonyl (C=O) groups excluding carboxylic acids is 2. The molecule has 0 spiro atoms. The molecule has 7 heteroatoms. The van der Waals surface area contributed by atoms with Crippen molar-refractivity contribution in [2.75, 3.05) is 6.61 Å². The molecule has 0 bridgehead atoms. The summed E-state index contributed by atoms with van der Waals surface area (Å²) in [5, 5.41) is 15.3. The first kappa shape index (κ1) is 24.8. The number of amides is 2. The summed E-state index contributed by atoms with van der Waals surface area (Å²) in [5.74, 6) is -1.09. The molecule has 2 amide bonds. The van der Waals surface area contributed by atoms with Crippen LogP contribution in [0, 0.1) is 11.3 Å². The Bertz CT molecular complexity index is 1090. The maximum absolute atomic E-state index is 12.8. The summed E-state index contributed by atoms with van der Waals surface area (Å²) in [5.41, 5.74) is 2.49. The van der Waals surface area contributed by atoms with E-state index in [1.54, 1.807) is 27.7 Å². The lowest BCUT2D eigenvalue weighted by Crippen LogP contribution is -2.57. The van der Waals surface area contributed by atoms with Crippen LogP contribution in [0.15, 0.2) is 48.5 Å². The van der Waals surface area contributed by atoms with Gasteiger partial charge in [0, 0.05) is 23.9 Å². The third-order valence-corrected chi connectivity index (χ3v) is 7.79. The number of benzene rings is 2. The van der Waals surface area contributed by atoms with E-state index in [2.05, 4.69) is 34.9 Å². The third-order valence-electron chi connectivity index (χ3n) is 7.79. The molecule has 0 aromatic heterocycles. The van der Waals surface area contributed by atoms with E-state index in [1.807, 2.05) is 24.3 Å². The summed E-state index contributed by atoms with van der Waals surface area (Å²) in [4.78, 5) is 37.2. The second kappa shape index (κ2) is 9.36. The van der Waals surface area contributed by atoms with Crippen molar-refractivity contribution in [3.8, 4) is 11.1 Å². The standard InChI is InChI=1S/C28H34N2O5/c1-27(2,25(32)33)28(3,4)30-24(31)15-23(17-13-14-17)29-26(34)35-16-22-20-11-7-5-9-18(20)19-10-6-8-12-21(19)22/h5-12,17,22-23H,13-16H2,1-4H3,(H,29,34)(H,30,31)(H,32,33). The summed E-state index contributed by atoms with van der Waals surface area (Å²) in [7, 11) is 0.